The summed E-state index contributed by atoms with van der Waals surface area (Å²) in [6.45, 7) is 10.6. The van der Waals surface area contributed by atoms with Crippen molar-refractivity contribution in [2.75, 3.05) is 38.0 Å². The summed E-state index contributed by atoms with van der Waals surface area (Å²) < 4.78 is 0. The highest BCUT2D eigenvalue weighted by molar-refractivity contribution is 6.37. The molecule has 0 radical (unpaired) electrons. The first kappa shape index (κ1) is 20.5. The Bertz CT molecular complexity index is 1040. The lowest BCUT2D eigenvalue weighted by atomic mass is 9.92. The molecule has 6 nitrogen and oxygen atoms in total. The second-order valence-corrected chi connectivity index (χ2v) is 8.15. The third-order valence-corrected chi connectivity index (χ3v) is 6.33. The van der Waals surface area contributed by atoms with Crippen LogP contribution in [-0.4, -0.2) is 67.2 Å². The van der Waals surface area contributed by atoms with E-state index in [9.17, 15) is 9.59 Å². The number of amides is 2. The van der Waals surface area contributed by atoms with Crippen molar-refractivity contribution in [2.24, 2.45) is 0 Å². The number of anilines is 1. The quantitative estimate of drug-likeness (QED) is 0.565. The number of hydrogen-bond acceptors (Lipinski definition) is 3. The molecule has 0 saturated heterocycles. The highest BCUT2D eigenvalue weighted by Gasteiger charge is 2.30. The molecular formula is C23H29BN4O2. The first-order valence-electron chi connectivity index (χ1n) is 10.8. The lowest BCUT2D eigenvalue weighted by Gasteiger charge is -2.29. The minimum atomic E-state index is -0.102. The van der Waals surface area contributed by atoms with E-state index in [1.807, 2.05) is 43.9 Å². The number of fused-ring (bicyclic) bond motifs is 2. The highest BCUT2D eigenvalue weighted by Crippen LogP contribution is 2.34. The van der Waals surface area contributed by atoms with E-state index in [0.717, 1.165) is 78.4 Å². The molecule has 2 amide bonds. The Morgan fingerprint density at radius 2 is 2.00 bits per heavy atom. The molecule has 2 N–H and O–H groups in total. The third kappa shape index (κ3) is 3.58. The maximum Gasteiger partial charge on any atom is 0.256 e. The number of carbonyl (C=O) groups excluding carboxylic acids is 2. The number of aromatic amines is 1. The average molecular weight is 404 g/mol. The summed E-state index contributed by atoms with van der Waals surface area (Å²) in [6, 6.07) is 5.96. The van der Waals surface area contributed by atoms with Crippen LogP contribution in [0.2, 0.25) is 0 Å². The molecule has 0 aliphatic carbocycles. The molecule has 0 bridgehead atoms. The SMILES string of the molecule is Bc1ccc2c(c1)/C(=C/c1[nH]c3c(c1C)C(=O)N(CCN(CC)CC)CC3)C(=O)N2. The zero-order chi connectivity index (χ0) is 21.4. The molecule has 0 atom stereocenters. The molecule has 7 heteroatoms. The Kier molecular flexibility index (Phi) is 5.56. The maximum atomic E-state index is 13.2. The van der Waals surface area contributed by atoms with E-state index >= 15 is 0 Å². The summed E-state index contributed by atoms with van der Waals surface area (Å²) in [4.78, 5) is 33.4. The van der Waals surface area contributed by atoms with Crippen molar-refractivity contribution in [2.45, 2.75) is 27.2 Å². The highest BCUT2D eigenvalue weighted by atomic mass is 16.2. The zero-order valence-electron chi connectivity index (χ0n) is 18.3. The molecule has 2 aliphatic rings. The number of likely N-dealkylation sites (N-methyl/N-ethyl adjacent to an activating group) is 1. The first-order valence-corrected chi connectivity index (χ1v) is 10.8. The van der Waals surface area contributed by atoms with Gasteiger partial charge >= 0.3 is 0 Å². The van der Waals surface area contributed by atoms with E-state index in [0.29, 0.717) is 5.57 Å². The molecule has 2 aliphatic heterocycles. The largest absolute Gasteiger partial charge is 0.358 e. The van der Waals surface area contributed by atoms with Crippen LogP contribution in [-0.2, 0) is 11.2 Å². The molecule has 2 aromatic rings. The summed E-state index contributed by atoms with van der Waals surface area (Å²) in [5.74, 6) is -0.0105. The van der Waals surface area contributed by atoms with E-state index in [4.69, 9.17) is 0 Å². The average Bonchev–Trinajstić information content (AvgIpc) is 3.21. The van der Waals surface area contributed by atoms with Crippen molar-refractivity contribution in [3.63, 3.8) is 0 Å². The zero-order valence-corrected chi connectivity index (χ0v) is 18.3. The Hall–Kier alpha value is -2.80. The lowest BCUT2D eigenvalue weighted by molar-refractivity contribution is -0.110. The standard InChI is InChI=1S/C23H29BN4O2/c1-4-27(5-2)10-11-28-9-8-19-21(23(28)30)14(3)20(25-19)13-17-16-12-15(24)6-7-18(16)26-22(17)29/h6-7,12-13,25H,4-5,8-11,24H2,1-3H3,(H,26,29)/b17-13-. The third-order valence-electron chi connectivity index (χ3n) is 6.33. The van der Waals surface area contributed by atoms with Crippen molar-refractivity contribution < 1.29 is 9.59 Å². The predicted octanol–water partition coefficient (Wildman–Crippen LogP) is 1.41. The van der Waals surface area contributed by atoms with Crippen molar-refractivity contribution in [3.8, 4) is 0 Å². The molecule has 0 fully saturated rings. The molecule has 156 valence electrons. The molecule has 4 rings (SSSR count). The molecule has 3 heterocycles. The summed E-state index contributed by atoms with van der Waals surface area (Å²) in [5.41, 5.74) is 7.02. The minimum Gasteiger partial charge on any atom is -0.358 e. The van der Waals surface area contributed by atoms with Gasteiger partial charge in [0.2, 0.25) is 0 Å². The molecular weight excluding hydrogens is 375 g/mol. The van der Waals surface area contributed by atoms with Gasteiger partial charge in [0.1, 0.15) is 7.85 Å². The van der Waals surface area contributed by atoms with Gasteiger partial charge in [-0.1, -0.05) is 31.4 Å². The van der Waals surface area contributed by atoms with Crippen molar-refractivity contribution in [1.29, 1.82) is 0 Å². The molecule has 1 aromatic heterocycles. The molecule has 30 heavy (non-hydrogen) atoms. The number of nitrogens with zero attached hydrogens (tertiary/aromatic N) is 2. The van der Waals surface area contributed by atoms with Gasteiger partial charge in [0.25, 0.3) is 11.8 Å². The topological polar surface area (TPSA) is 68.4 Å². The Morgan fingerprint density at radius 3 is 2.73 bits per heavy atom. The lowest BCUT2D eigenvalue weighted by Crippen LogP contribution is -2.42. The van der Waals surface area contributed by atoms with Crippen LogP contribution in [0.3, 0.4) is 0 Å². The normalized spacial score (nSPS) is 16.9. The molecule has 0 saturated carbocycles. The number of rotatable bonds is 6. The van der Waals surface area contributed by atoms with Gasteiger partial charge in [0, 0.05) is 48.7 Å². The predicted molar refractivity (Wildman–Crippen MR) is 124 cm³/mol. The van der Waals surface area contributed by atoms with E-state index in [-0.39, 0.29) is 11.8 Å². The van der Waals surface area contributed by atoms with Gasteiger partial charge in [-0.15, -0.1) is 0 Å². The van der Waals surface area contributed by atoms with Gasteiger partial charge in [0.15, 0.2) is 0 Å². The minimum absolute atomic E-state index is 0.0916. The summed E-state index contributed by atoms with van der Waals surface area (Å²) >= 11 is 0. The van der Waals surface area contributed by atoms with Gasteiger partial charge in [-0.2, -0.15) is 0 Å². The van der Waals surface area contributed by atoms with Gasteiger partial charge in [-0.05, 0) is 37.7 Å². The fourth-order valence-corrected chi connectivity index (χ4v) is 4.41. The molecule has 0 unspecified atom stereocenters. The van der Waals surface area contributed by atoms with Crippen LogP contribution in [0.4, 0.5) is 5.69 Å². The van der Waals surface area contributed by atoms with Crippen LogP contribution in [0.15, 0.2) is 18.2 Å². The van der Waals surface area contributed by atoms with E-state index in [1.165, 1.54) is 0 Å². The Morgan fingerprint density at radius 1 is 1.23 bits per heavy atom. The van der Waals surface area contributed by atoms with Gasteiger partial charge in [0.05, 0.1) is 11.1 Å². The van der Waals surface area contributed by atoms with Crippen molar-refractivity contribution in [3.05, 3.63) is 46.3 Å². The second kappa shape index (κ2) is 8.15. The summed E-state index contributed by atoms with van der Waals surface area (Å²) in [6.07, 6.45) is 2.70. The number of benzene rings is 1. The van der Waals surface area contributed by atoms with Crippen LogP contribution < -0.4 is 10.8 Å². The van der Waals surface area contributed by atoms with Crippen molar-refractivity contribution in [1.82, 2.24) is 14.8 Å². The van der Waals surface area contributed by atoms with E-state index < -0.39 is 0 Å². The number of hydrogen-bond donors (Lipinski definition) is 2. The van der Waals surface area contributed by atoms with Gasteiger partial charge in [-0.3, -0.25) is 9.59 Å². The maximum absolute atomic E-state index is 13.2. The monoisotopic (exact) mass is 404 g/mol. The van der Waals surface area contributed by atoms with Crippen LogP contribution in [0, 0.1) is 6.92 Å². The summed E-state index contributed by atoms with van der Waals surface area (Å²) in [5, 5.41) is 2.93. The summed E-state index contributed by atoms with van der Waals surface area (Å²) in [7, 11) is 2.02. The Labute approximate surface area is 178 Å². The van der Waals surface area contributed by atoms with Crippen LogP contribution in [0.25, 0.3) is 11.6 Å². The smallest absolute Gasteiger partial charge is 0.256 e. The van der Waals surface area contributed by atoms with E-state index in [1.54, 1.807) is 0 Å². The van der Waals surface area contributed by atoms with Gasteiger partial charge < -0.3 is 20.1 Å². The van der Waals surface area contributed by atoms with Crippen molar-refractivity contribution >= 4 is 42.5 Å². The molecule has 1 aromatic carbocycles. The molecule has 0 spiro atoms. The number of nitrogens with one attached hydrogen (secondary N) is 2. The van der Waals surface area contributed by atoms with Crippen LogP contribution >= 0.6 is 0 Å². The van der Waals surface area contributed by atoms with Crippen LogP contribution in [0.1, 0.15) is 46.7 Å². The fourth-order valence-electron chi connectivity index (χ4n) is 4.41. The number of H-pyrrole nitrogens is 1. The number of carbonyl (C=O) groups is 2. The first-order chi connectivity index (χ1) is 14.4. The van der Waals surface area contributed by atoms with E-state index in [2.05, 4.69) is 29.0 Å². The van der Waals surface area contributed by atoms with Crippen LogP contribution in [0.5, 0.6) is 0 Å². The second-order valence-electron chi connectivity index (χ2n) is 8.15. The fraction of sp³-hybridized carbons (Fsp3) is 0.391. The Balaban J connectivity index is 1.62. The number of aromatic nitrogens is 1. The van der Waals surface area contributed by atoms with Gasteiger partial charge in [-0.25, -0.2) is 0 Å².